The third-order valence-corrected chi connectivity index (χ3v) is 3.85. The Morgan fingerprint density at radius 2 is 1.88 bits per heavy atom. The first-order valence-electron chi connectivity index (χ1n) is 5.53. The van der Waals surface area contributed by atoms with E-state index in [9.17, 15) is 0 Å². The van der Waals surface area contributed by atoms with Gasteiger partial charge in [-0.1, -0.05) is 32.7 Å². The SMILES string of the molecule is CC(C)(C)SNC(c1nccs1)C(C)(C)C. The van der Waals surface area contributed by atoms with E-state index in [1.54, 1.807) is 23.3 Å². The van der Waals surface area contributed by atoms with Crippen molar-refractivity contribution in [3.05, 3.63) is 16.6 Å². The standard InChI is InChI=1S/C12H22N2S2/c1-11(2,3)9(10-13-7-8-15-10)14-16-12(4,5)6/h7-9,14H,1-6H3. The van der Waals surface area contributed by atoms with E-state index in [0.717, 1.165) is 0 Å². The summed E-state index contributed by atoms with van der Waals surface area (Å²) in [5.74, 6) is 0. The monoisotopic (exact) mass is 258 g/mol. The average Bonchev–Trinajstić information content (AvgIpc) is 2.52. The summed E-state index contributed by atoms with van der Waals surface area (Å²) < 4.78 is 3.79. The molecule has 2 nitrogen and oxygen atoms in total. The normalized spacial score (nSPS) is 15.1. The highest BCUT2D eigenvalue weighted by Gasteiger charge is 2.29. The molecule has 0 aromatic carbocycles. The van der Waals surface area contributed by atoms with Gasteiger partial charge in [0.2, 0.25) is 0 Å². The van der Waals surface area contributed by atoms with E-state index in [-0.39, 0.29) is 10.2 Å². The Kier molecular flexibility index (Phi) is 4.43. The molecule has 0 amide bonds. The molecule has 0 saturated heterocycles. The predicted molar refractivity (Wildman–Crippen MR) is 74.8 cm³/mol. The number of nitrogens with one attached hydrogen (secondary N) is 1. The zero-order valence-electron chi connectivity index (χ0n) is 11.0. The lowest BCUT2D eigenvalue weighted by Gasteiger charge is -2.32. The van der Waals surface area contributed by atoms with E-state index in [0.29, 0.717) is 6.04 Å². The Bertz CT molecular complexity index is 307. The molecule has 0 fully saturated rings. The van der Waals surface area contributed by atoms with Crippen molar-refractivity contribution < 1.29 is 0 Å². The molecule has 16 heavy (non-hydrogen) atoms. The van der Waals surface area contributed by atoms with E-state index < -0.39 is 0 Å². The molecule has 1 N–H and O–H groups in total. The third-order valence-electron chi connectivity index (χ3n) is 2.05. The molecule has 4 heteroatoms. The Hall–Kier alpha value is -0.0600. The minimum Gasteiger partial charge on any atom is -0.253 e. The molecule has 0 saturated carbocycles. The van der Waals surface area contributed by atoms with Gasteiger partial charge in [-0.25, -0.2) is 4.98 Å². The van der Waals surface area contributed by atoms with Crippen molar-refractivity contribution in [1.29, 1.82) is 0 Å². The first-order chi connectivity index (χ1) is 7.20. The summed E-state index contributed by atoms with van der Waals surface area (Å²) >= 11 is 3.50. The molecule has 0 radical (unpaired) electrons. The van der Waals surface area contributed by atoms with Crippen molar-refractivity contribution >= 4 is 23.3 Å². The summed E-state index contributed by atoms with van der Waals surface area (Å²) in [6.45, 7) is 13.4. The van der Waals surface area contributed by atoms with Crippen molar-refractivity contribution in [2.24, 2.45) is 5.41 Å². The largest absolute Gasteiger partial charge is 0.253 e. The molecule has 0 aliphatic rings. The second-order valence-corrected chi connectivity index (χ2v) is 8.59. The van der Waals surface area contributed by atoms with Crippen LogP contribution in [0.1, 0.15) is 52.6 Å². The highest BCUT2D eigenvalue weighted by Crippen LogP contribution is 2.37. The second-order valence-electron chi connectivity index (χ2n) is 6.00. The summed E-state index contributed by atoms with van der Waals surface area (Å²) in [5, 5.41) is 3.21. The van der Waals surface area contributed by atoms with E-state index in [1.165, 1.54) is 5.01 Å². The van der Waals surface area contributed by atoms with Gasteiger partial charge in [-0.2, -0.15) is 0 Å². The molecular weight excluding hydrogens is 236 g/mol. The molecule has 1 heterocycles. The Morgan fingerprint density at radius 3 is 2.25 bits per heavy atom. The molecule has 1 aromatic rings. The van der Waals surface area contributed by atoms with Gasteiger partial charge < -0.3 is 0 Å². The van der Waals surface area contributed by atoms with Crippen molar-refractivity contribution in [1.82, 2.24) is 9.71 Å². The van der Waals surface area contributed by atoms with Gasteiger partial charge in [-0.3, -0.25) is 4.72 Å². The molecule has 1 atom stereocenters. The lowest BCUT2D eigenvalue weighted by Crippen LogP contribution is -2.31. The van der Waals surface area contributed by atoms with E-state index >= 15 is 0 Å². The lowest BCUT2D eigenvalue weighted by molar-refractivity contribution is 0.309. The van der Waals surface area contributed by atoms with Crippen LogP contribution in [0.2, 0.25) is 0 Å². The molecular formula is C12H22N2S2. The number of nitrogens with zero attached hydrogens (tertiary/aromatic N) is 1. The maximum absolute atomic E-state index is 4.43. The first-order valence-corrected chi connectivity index (χ1v) is 7.23. The van der Waals surface area contributed by atoms with Gasteiger partial charge in [0.15, 0.2) is 0 Å². The zero-order valence-corrected chi connectivity index (χ0v) is 12.6. The highest BCUT2D eigenvalue weighted by atomic mass is 32.2. The van der Waals surface area contributed by atoms with Crippen LogP contribution in [0.4, 0.5) is 0 Å². The van der Waals surface area contributed by atoms with Crippen molar-refractivity contribution in [3.8, 4) is 0 Å². The minimum absolute atomic E-state index is 0.177. The third kappa shape index (κ3) is 4.44. The molecule has 1 unspecified atom stereocenters. The van der Waals surface area contributed by atoms with Crippen LogP contribution in [0, 0.1) is 5.41 Å². The Labute approximate surface area is 107 Å². The smallest absolute Gasteiger partial charge is 0.111 e. The molecule has 92 valence electrons. The molecule has 1 rings (SSSR count). The van der Waals surface area contributed by atoms with Crippen LogP contribution in [-0.2, 0) is 0 Å². The fraction of sp³-hybridized carbons (Fsp3) is 0.750. The van der Waals surface area contributed by atoms with Crippen molar-refractivity contribution in [2.75, 3.05) is 0 Å². The van der Waals surface area contributed by atoms with Crippen LogP contribution in [0.25, 0.3) is 0 Å². The van der Waals surface area contributed by atoms with Crippen molar-refractivity contribution in [3.63, 3.8) is 0 Å². The van der Waals surface area contributed by atoms with Gasteiger partial charge >= 0.3 is 0 Å². The molecule has 0 aliphatic carbocycles. The van der Waals surface area contributed by atoms with Crippen molar-refractivity contribution in [2.45, 2.75) is 52.3 Å². The maximum atomic E-state index is 4.43. The van der Waals surface area contributed by atoms with Crippen LogP contribution >= 0.6 is 23.3 Å². The maximum Gasteiger partial charge on any atom is 0.111 e. The second kappa shape index (κ2) is 5.07. The number of rotatable bonds is 3. The Morgan fingerprint density at radius 1 is 1.25 bits per heavy atom. The molecule has 1 aromatic heterocycles. The number of hydrogen-bond acceptors (Lipinski definition) is 4. The van der Waals surface area contributed by atoms with Gasteiger partial charge in [0.1, 0.15) is 5.01 Å². The summed E-state index contributed by atoms with van der Waals surface area (Å²) in [6.07, 6.45) is 1.88. The van der Waals surface area contributed by atoms with Crippen LogP contribution in [0.15, 0.2) is 11.6 Å². The summed E-state index contributed by atoms with van der Waals surface area (Å²) in [5.41, 5.74) is 0.177. The predicted octanol–water partition coefficient (Wildman–Crippen LogP) is 4.27. The number of thiazole rings is 1. The van der Waals surface area contributed by atoms with Crippen LogP contribution < -0.4 is 4.72 Å². The first kappa shape index (κ1) is 14.0. The fourth-order valence-corrected chi connectivity index (χ4v) is 3.15. The quantitative estimate of drug-likeness (QED) is 0.820. The van der Waals surface area contributed by atoms with E-state index in [2.05, 4.69) is 51.2 Å². The van der Waals surface area contributed by atoms with E-state index in [4.69, 9.17) is 0 Å². The molecule has 0 bridgehead atoms. The van der Waals surface area contributed by atoms with Crippen LogP contribution in [-0.4, -0.2) is 9.73 Å². The summed E-state index contributed by atoms with van der Waals surface area (Å²) in [4.78, 5) is 4.43. The number of aromatic nitrogens is 1. The Balaban J connectivity index is 2.75. The van der Waals surface area contributed by atoms with Gasteiger partial charge in [-0.05, 0) is 26.2 Å². The highest BCUT2D eigenvalue weighted by molar-refractivity contribution is 7.98. The lowest BCUT2D eigenvalue weighted by atomic mass is 9.88. The van der Waals surface area contributed by atoms with Gasteiger partial charge in [-0.15, -0.1) is 11.3 Å². The van der Waals surface area contributed by atoms with Crippen LogP contribution in [0.5, 0.6) is 0 Å². The van der Waals surface area contributed by atoms with Gasteiger partial charge in [0.05, 0.1) is 6.04 Å². The van der Waals surface area contributed by atoms with Gasteiger partial charge in [0.25, 0.3) is 0 Å². The molecule has 0 spiro atoms. The number of hydrogen-bond donors (Lipinski definition) is 1. The van der Waals surface area contributed by atoms with E-state index in [1.807, 2.05) is 11.6 Å². The summed E-state index contributed by atoms with van der Waals surface area (Å²) in [7, 11) is 0. The topological polar surface area (TPSA) is 24.9 Å². The fourth-order valence-electron chi connectivity index (χ4n) is 1.21. The average molecular weight is 258 g/mol. The van der Waals surface area contributed by atoms with Crippen LogP contribution in [0.3, 0.4) is 0 Å². The summed E-state index contributed by atoms with van der Waals surface area (Å²) in [6, 6.07) is 0.303. The molecule has 0 aliphatic heterocycles. The van der Waals surface area contributed by atoms with Gasteiger partial charge in [0, 0.05) is 16.3 Å². The zero-order chi connectivity index (χ0) is 12.4. The minimum atomic E-state index is 0.177.